The third-order valence-corrected chi connectivity index (χ3v) is 4.30. The van der Waals surface area contributed by atoms with Gasteiger partial charge in [-0.15, -0.1) is 0 Å². The Labute approximate surface area is 153 Å². The van der Waals surface area contributed by atoms with Gasteiger partial charge in [-0.3, -0.25) is 4.79 Å². The summed E-state index contributed by atoms with van der Waals surface area (Å²) < 4.78 is 0. The second kappa shape index (κ2) is 8.00. The molecule has 0 aliphatic heterocycles. The summed E-state index contributed by atoms with van der Waals surface area (Å²) in [6.45, 7) is 2.05. The van der Waals surface area contributed by atoms with Crippen LogP contribution in [0.1, 0.15) is 28.3 Å². The second-order valence-corrected chi connectivity index (χ2v) is 6.57. The molecule has 0 aliphatic rings. The summed E-state index contributed by atoms with van der Waals surface area (Å²) in [5.74, 6) is -0.0300. The minimum atomic E-state index is -0.173. The maximum absolute atomic E-state index is 12.6. The standard InChI is InChI=1S/C22H20ClNO/c1-16-7-5-11-19(13-16)22(18-9-3-2-4-10-18)24-21(25)15-17-8-6-12-20(23)14-17/h2-14,22H,15H2,1H3,(H,24,25)/t22-/m0/s1. The number of amides is 1. The van der Waals surface area contributed by atoms with Crippen molar-refractivity contribution >= 4 is 17.5 Å². The summed E-state index contributed by atoms with van der Waals surface area (Å²) in [6, 6.07) is 25.5. The molecule has 0 saturated carbocycles. The Morgan fingerprint density at radius 2 is 1.64 bits per heavy atom. The molecule has 0 aliphatic carbocycles. The zero-order valence-corrected chi connectivity index (χ0v) is 14.8. The van der Waals surface area contributed by atoms with E-state index in [1.54, 1.807) is 0 Å². The zero-order valence-electron chi connectivity index (χ0n) is 14.1. The molecule has 0 aromatic heterocycles. The molecule has 0 fully saturated rings. The van der Waals surface area contributed by atoms with Crippen molar-refractivity contribution in [3.8, 4) is 0 Å². The molecular weight excluding hydrogens is 330 g/mol. The van der Waals surface area contributed by atoms with Crippen molar-refractivity contribution in [3.05, 3.63) is 106 Å². The van der Waals surface area contributed by atoms with E-state index in [4.69, 9.17) is 11.6 Å². The third kappa shape index (κ3) is 4.71. The van der Waals surface area contributed by atoms with Crippen molar-refractivity contribution in [2.24, 2.45) is 0 Å². The molecule has 0 unspecified atom stereocenters. The molecule has 0 heterocycles. The van der Waals surface area contributed by atoms with Crippen molar-refractivity contribution < 1.29 is 4.79 Å². The van der Waals surface area contributed by atoms with E-state index in [1.807, 2.05) is 66.7 Å². The van der Waals surface area contributed by atoms with Crippen molar-refractivity contribution in [1.82, 2.24) is 5.32 Å². The van der Waals surface area contributed by atoms with Gasteiger partial charge in [-0.1, -0.05) is 83.9 Å². The lowest BCUT2D eigenvalue weighted by atomic mass is 9.97. The third-order valence-electron chi connectivity index (χ3n) is 4.07. The van der Waals surface area contributed by atoms with Gasteiger partial charge in [-0.05, 0) is 35.7 Å². The van der Waals surface area contributed by atoms with Crippen LogP contribution in [0.2, 0.25) is 5.02 Å². The van der Waals surface area contributed by atoms with Crippen LogP contribution in [0, 0.1) is 6.92 Å². The monoisotopic (exact) mass is 349 g/mol. The number of halogens is 1. The van der Waals surface area contributed by atoms with Crippen molar-refractivity contribution in [2.45, 2.75) is 19.4 Å². The van der Waals surface area contributed by atoms with Gasteiger partial charge in [0.05, 0.1) is 12.5 Å². The summed E-state index contributed by atoms with van der Waals surface area (Å²) in [7, 11) is 0. The van der Waals surface area contributed by atoms with Gasteiger partial charge in [-0.2, -0.15) is 0 Å². The average Bonchev–Trinajstić information content (AvgIpc) is 2.60. The van der Waals surface area contributed by atoms with Gasteiger partial charge < -0.3 is 5.32 Å². The quantitative estimate of drug-likeness (QED) is 0.682. The minimum Gasteiger partial charge on any atom is -0.345 e. The van der Waals surface area contributed by atoms with Crippen LogP contribution in [0.3, 0.4) is 0 Å². The van der Waals surface area contributed by atoms with Gasteiger partial charge in [0.15, 0.2) is 0 Å². The predicted octanol–water partition coefficient (Wildman–Crippen LogP) is 5.10. The molecule has 3 heteroatoms. The molecule has 1 atom stereocenters. The molecule has 126 valence electrons. The summed E-state index contributed by atoms with van der Waals surface area (Å²) in [5.41, 5.74) is 4.21. The molecule has 1 N–H and O–H groups in total. The summed E-state index contributed by atoms with van der Waals surface area (Å²) in [6.07, 6.45) is 0.301. The van der Waals surface area contributed by atoms with Crippen LogP contribution < -0.4 is 5.32 Å². The molecular formula is C22H20ClNO. The first-order valence-electron chi connectivity index (χ1n) is 8.27. The highest BCUT2D eigenvalue weighted by atomic mass is 35.5. The lowest BCUT2D eigenvalue weighted by Gasteiger charge is -2.20. The highest BCUT2D eigenvalue weighted by Gasteiger charge is 2.17. The molecule has 0 saturated heterocycles. The largest absolute Gasteiger partial charge is 0.345 e. The zero-order chi connectivity index (χ0) is 17.6. The number of rotatable bonds is 5. The second-order valence-electron chi connectivity index (χ2n) is 6.13. The van der Waals surface area contributed by atoms with E-state index in [0.717, 1.165) is 16.7 Å². The van der Waals surface area contributed by atoms with E-state index >= 15 is 0 Å². The van der Waals surface area contributed by atoms with Crippen molar-refractivity contribution in [1.29, 1.82) is 0 Å². The summed E-state index contributed by atoms with van der Waals surface area (Å²) in [5, 5.41) is 3.80. The Kier molecular flexibility index (Phi) is 5.52. The first kappa shape index (κ1) is 17.2. The maximum atomic E-state index is 12.6. The first-order chi connectivity index (χ1) is 12.1. The fourth-order valence-electron chi connectivity index (χ4n) is 2.90. The topological polar surface area (TPSA) is 29.1 Å². The Balaban J connectivity index is 1.84. The lowest BCUT2D eigenvalue weighted by molar-refractivity contribution is -0.120. The van der Waals surface area contributed by atoms with E-state index in [0.29, 0.717) is 11.4 Å². The van der Waals surface area contributed by atoms with E-state index in [9.17, 15) is 4.79 Å². The van der Waals surface area contributed by atoms with E-state index < -0.39 is 0 Å². The van der Waals surface area contributed by atoms with Crippen LogP contribution in [0.5, 0.6) is 0 Å². The van der Waals surface area contributed by atoms with Gasteiger partial charge in [0, 0.05) is 5.02 Å². The van der Waals surface area contributed by atoms with E-state index in [2.05, 4.69) is 24.4 Å². The number of hydrogen-bond donors (Lipinski definition) is 1. The smallest absolute Gasteiger partial charge is 0.225 e. The van der Waals surface area contributed by atoms with E-state index in [1.165, 1.54) is 5.56 Å². The fourth-order valence-corrected chi connectivity index (χ4v) is 3.11. The Morgan fingerprint density at radius 3 is 2.36 bits per heavy atom. The molecule has 2 nitrogen and oxygen atoms in total. The van der Waals surface area contributed by atoms with Crippen LogP contribution in [0.15, 0.2) is 78.9 Å². The van der Waals surface area contributed by atoms with Gasteiger partial charge >= 0.3 is 0 Å². The van der Waals surface area contributed by atoms with Crippen LogP contribution in [0.4, 0.5) is 0 Å². The number of carbonyl (C=O) groups is 1. The van der Waals surface area contributed by atoms with Crippen LogP contribution in [-0.4, -0.2) is 5.91 Å². The van der Waals surface area contributed by atoms with Crippen LogP contribution >= 0.6 is 11.6 Å². The lowest BCUT2D eigenvalue weighted by Crippen LogP contribution is -2.30. The predicted molar refractivity (Wildman–Crippen MR) is 103 cm³/mol. The molecule has 0 spiro atoms. The number of hydrogen-bond acceptors (Lipinski definition) is 1. The minimum absolute atomic E-state index is 0.0300. The number of carbonyl (C=O) groups excluding carboxylic acids is 1. The first-order valence-corrected chi connectivity index (χ1v) is 8.65. The SMILES string of the molecule is Cc1cccc([C@@H](NC(=O)Cc2cccc(Cl)c2)c2ccccc2)c1. The van der Waals surface area contributed by atoms with Gasteiger partial charge in [0.1, 0.15) is 0 Å². The Hall–Kier alpha value is -2.58. The normalized spacial score (nSPS) is 11.8. The highest BCUT2D eigenvalue weighted by Crippen LogP contribution is 2.23. The number of nitrogens with one attached hydrogen (secondary N) is 1. The highest BCUT2D eigenvalue weighted by molar-refractivity contribution is 6.30. The number of benzene rings is 3. The van der Waals surface area contributed by atoms with Gasteiger partial charge in [0.25, 0.3) is 0 Å². The van der Waals surface area contributed by atoms with E-state index in [-0.39, 0.29) is 11.9 Å². The Bertz CT molecular complexity index is 861. The molecule has 25 heavy (non-hydrogen) atoms. The number of aryl methyl sites for hydroxylation is 1. The fraction of sp³-hybridized carbons (Fsp3) is 0.136. The molecule has 0 radical (unpaired) electrons. The molecule has 0 bridgehead atoms. The van der Waals surface area contributed by atoms with Crippen LogP contribution in [-0.2, 0) is 11.2 Å². The maximum Gasteiger partial charge on any atom is 0.225 e. The summed E-state index contributed by atoms with van der Waals surface area (Å²) in [4.78, 5) is 12.6. The van der Waals surface area contributed by atoms with Gasteiger partial charge in [0.2, 0.25) is 5.91 Å². The molecule has 3 aromatic carbocycles. The van der Waals surface area contributed by atoms with Crippen molar-refractivity contribution in [2.75, 3.05) is 0 Å². The molecule has 1 amide bonds. The van der Waals surface area contributed by atoms with Crippen molar-refractivity contribution in [3.63, 3.8) is 0 Å². The van der Waals surface area contributed by atoms with Gasteiger partial charge in [-0.25, -0.2) is 0 Å². The Morgan fingerprint density at radius 1 is 0.920 bits per heavy atom. The summed E-state index contributed by atoms with van der Waals surface area (Å²) >= 11 is 6.01. The average molecular weight is 350 g/mol. The molecule has 3 aromatic rings. The molecule has 3 rings (SSSR count). The van der Waals surface area contributed by atoms with Crippen LogP contribution in [0.25, 0.3) is 0 Å².